The Morgan fingerprint density at radius 2 is 1.74 bits per heavy atom. The van der Waals surface area contributed by atoms with Gasteiger partial charge in [0.05, 0.1) is 27.4 Å². The highest BCUT2D eigenvalue weighted by Crippen LogP contribution is 2.38. The molecule has 0 saturated carbocycles. The molecule has 3 rings (SSSR count). The predicted molar refractivity (Wildman–Crippen MR) is 101 cm³/mol. The zero-order valence-corrected chi connectivity index (χ0v) is 15.9. The number of β-amino-alcohol motifs (C(OH)–C–C–N with tert-alkyl or cyclic N) is 1. The second-order valence-electron chi connectivity index (χ2n) is 6.67. The summed E-state index contributed by atoms with van der Waals surface area (Å²) in [6, 6.07) is 10.3. The molecule has 0 spiro atoms. The van der Waals surface area contributed by atoms with Gasteiger partial charge in [-0.05, 0) is 55.3 Å². The highest BCUT2D eigenvalue weighted by molar-refractivity contribution is 5.44. The summed E-state index contributed by atoms with van der Waals surface area (Å²) in [6.07, 6.45) is 1.19. The molecule has 1 aliphatic rings. The van der Waals surface area contributed by atoms with E-state index >= 15 is 0 Å². The molecule has 2 aromatic rings. The molecule has 6 heteroatoms. The average molecular weight is 375 g/mol. The molecule has 1 saturated heterocycles. The predicted octanol–water partition coefficient (Wildman–Crippen LogP) is 3.72. The Kier molecular flexibility index (Phi) is 6.19. The van der Waals surface area contributed by atoms with Crippen molar-refractivity contribution in [3.05, 3.63) is 53.3 Å². The molecule has 1 aliphatic heterocycles. The first-order valence-electron chi connectivity index (χ1n) is 9.04. The Hall–Kier alpha value is -2.31. The lowest BCUT2D eigenvalue weighted by Gasteiger charge is -2.28. The van der Waals surface area contributed by atoms with Crippen molar-refractivity contribution in [2.24, 2.45) is 0 Å². The van der Waals surface area contributed by atoms with Gasteiger partial charge in [-0.3, -0.25) is 4.90 Å². The van der Waals surface area contributed by atoms with Crippen LogP contribution in [-0.2, 0) is 0 Å². The topological polar surface area (TPSA) is 51.2 Å². The maximum atomic E-state index is 13.6. The molecule has 0 aromatic heterocycles. The highest BCUT2D eigenvalue weighted by atomic mass is 19.1. The normalized spacial score (nSPS) is 18.3. The molecule has 2 atom stereocenters. The van der Waals surface area contributed by atoms with Crippen molar-refractivity contribution in [3.63, 3.8) is 0 Å². The summed E-state index contributed by atoms with van der Waals surface area (Å²) in [5.74, 6) is 1.48. The van der Waals surface area contributed by atoms with Gasteiger partial charge in [0, 0.05) is 18.2 Å². The van der Waals surface area contributed by atoms with Gasteiger partial charge in [-0.2, -0.15) is 0 Å². The number of methoxy groups -OCH3 is 3. The smallest absolute Gasteiger partial charge is 0.161 e. The van der Waals surface area contributed by atoms with Gasteiger partial charge >= 0.3 is 0 Å². The minimum Gasteiger partial charge on any atom is -0.496 e. The van der Waals surface area contributed by atoms with Gasteiger partial charge in [-0.15, -0.1) is 0 Å². The number of rotatable bonds is 7. The lowest BCUT2D eigenvalue weighted by molar-refractivity contribution is 0.103. The lowest BCUT2D eigenvalue weighted by atomic mass is 10.0. The van der Waals surface area contributed by atoms with E-state index in [9.17, 15) is 9.50 Å². The minimum atomic E-state index is -0.837. The standard InChI is InChI=1S/C21H26FNO4/c1-25-19-9-7-15(22)12-16(19)18(24)13-23-10-4-5-17(23)14-6-8-20(26-2)21(11-14)27-3/h6-9,11-12,17-18,24H,4-5,10,13H2,1-3H3/t17-,18+/m1/s1. The van der Waals surface area contributed by atoms with E-state index in [-0.39, 0.29) is 11.9 Å². The van der Waals surface area contributed by atoms with Gasteiger partial charge in [-0.25, -0.2) is 4.39 Å². The van der Waals surface area contributed by atoms with E-state index in [1.54, 1.807) is 20.3 Å². The Morgan fingerprint density at radius 1 is 1.04 bits per heavy atom. The van der Waals surface area contributed by atoms with Crippen LogP contribution in [0.15, 0.2) is 36.4 Å². The third-order valence-electron chi connectivity index (χ3n) is 5.11. The molecule has 0 bridgehead atoms. The molecule has 0 radical (unpaired) electrons. The first-order chi connectivity index (χ1) is 13.1. The van der Waals surface area contributed by atoms with Crippen LogP contribution in [0.2, 0.25) is 0 Å². The molecule has 146 valence electrons. The maximum Gasteiger partial charge on any atom is 0.161 e. The quantitative estimate of drug-likeness (QED) is 0.799. The third kappa shape index (κ3) is 4.17. The number of benzene rings is 2. The average Bonchev–Trinajstić information content (AvgIpc) is 3.15. The van der Waals surface area contributed by atoms with Gasteiger partial charge in [-0.1, -0.05) is 6.07 Å². The van der Waals surface area contributed by atoms with Crippen LogP contribution in [0.3, 0.4) is 0 Å². The van der Waals surface area contributed by atoms with Crippen molar-refractivity contribution in [2.45, 2.75) is 25.0 Å². The Bertz CT molecular complexity index is 783. The first kappa shape index (κ1) is 19.5. The molecule has 1 heterocycles. The Balaban J connectivity index is 1.80. The van der Waals surface area contributed by atoms with E-state index in [2.05, 4.69) is 4.90 Å². The number of hydrogen-bond acceptors (Lipinski definition) is 5. The van der Waals surface area contributed by atoms with Crippen LogP contribution in [0.5, 0.6) is 17.2 Å². The summed E-state index contributed by atoms with van der Waals surface area (Å²) in [5, 5.41) is 10.7. The van der Waals surface area contributed by atoms with Gasteiger partial charge in [0.25, 0.3) is 0 Å². The van der Waals surface area contributed by atoms with Crippen molar-refractivity contribution in [3.8, 4) is 17.2 Å². The van der Waals surface area contributed by atoms with E-state index in [0.29, 0.717) is 29.4 Å². The van der Waals surface area contributed by atoms with E-state index in [4.69, 9.17) is 14.2 Å². The number of likely N-dealkylation sites (tertiary alicyclic amines) is 1. The van der Waals surface area contributed by atoms with Crippen LogP contribution in [0, 0.1) is 5.82 Å². The van der Waals surface area contributed by atoms with Crippen molar-refractivity contribution in [2.75, 3.05) is 34.4 Å². The second kappa shape index (κ2) is 8.59. The van der Waals surface area contributed by atoms with Crippen molar-refractivity contribution in [1.82, 2.24) is 4.90 Å². The molecular formula is C21H26FNO4. The van der Waals surface area contributed by atoms with Crippen LogP contribution in [0.1, 0.15) is 36.1 Å². The summed E-state index contributed by atoms with van der Waals surface area (Å²) < 4.78 is 29.7. The monoisotopic (exact) mass is 375 g/mol. The van der Waals surface area contributed by atoms with E-state index in [1.165, 1.54) is 19.2 Å². The maximum absolute atomic E-state index is 13.6. The van der Waals surface area contributed by atoms with Crippen molar-refractivity contribution < 1.29 is 23.7 Å². The van der Waals surface area contributed by atoms with E-state index < -0.39 is 6.10 Å². The second-order valence-corrected chi connectivity index (χ2v) is 6.67. The molecule has 1 fully saturated rings. The summed E-state index contributed by atoms with van der Waals surface area (Å²) >= 11 is 0. The summed E-state index contributed by atoms with van der Waals surface area (Å²) in [7, 11) is 4.75. The van der Waals surface area contributed by atoms with Crippen LogP contribution >= 0.6 is 0 Å². The number of nitrogens with zero attached hydrogens (tertiary/aromatic N) is 1. The van der Waals surface area contributed by atoms with Gasteiger partial charge in [0.15, 0.2) is 11.5 Å². The minimum absolute atomic E-state index is 0.166. The number of ether oxygens (including phenoxy) is 3. The zero-order valence-electron chi connectivity index (χ0n) is 15.9. The largest absolute Gasteiger partial charge is 0.496 e. The molecule has 5 nitrogen and oxygen atoms in total. The Morgan fingerprint density at radius 3 is 2.44 bits per heavy atom. The van der Waals surface area contributed by atoms with Crippen molar-refractivity contribution in [1.29, 1.82) is 0 Å². The SMILES string of the molecule is COc1ccc([C@H]2CCCN2C[C@H](O)c2cc(F)ccc2OC)cc1OC. The zero-order chi connectivity index (χ0) is 19.4. The number of aliphatic hydroxyl groups is 1. The molecule has 0 aliphatic carbocycles. The Labute approximate surface area is 159 Å². The number of halogens is 1. The van der Waals surface area contributed by atoms with Crippen LogP contribution in [0.4, 0.5) is 4.39 Å². The van der Waals surface area contributed by atoms with Gasteiger partial charge in [0.1, 0.15) is 11.6 Å². The number of hydrogen-bond donors (Lipinski definition) is 1. The molecular weight excluding hydrogens is 349 g/mol. The van der Waals surface area contributed by atoms with E-state index in [1.807, 2.05) is 18.2 Å². The van der Waals surface area contributed by atoms with Crippen LogP contribution < -0.4 is 14.2 Å². The highest BCUT2D eigenvalue weighted by Gasteiger charge is 2.29. The first-order valence-corrected chi connectivity index (χ1v) is 9.04. The van der Waals surface area contributed by atoms with Crippen LogP contribution in [0.25, 0.3) is 0 Å². The molecule has 27 heavy (non-hydrogen) atoms. The molecule has 2 aromatic carbocycles. The molecule has 0 amide bonds. The molecule has 0 unspecified atom stereocenters. The van der Waals surface area contributed by atoms with E-state index in [0.717, 1.165) is 24.9 Å². The van der Waals surface area contributed by atoms with Gasteiger partial charge in [0.2, 0.25) is 0 Å². The fourth-order valence-corrected chi connectivity index (χ4v) is 3.77. The molecule has 1 N–H and O–H groups in total. The lowest BCUT2D eigenvalue weighted by Crippen LogP contribution is -2.28. The van der Waals surface area contributed by atoms with Crippen LogP contribution in [-0.4, -0.2) is 44.4 Å². The third-order valence-corrected chi connectivity index (χ3v) is 5.11. The summed E-state index contributed by atoms with van der Waals surface area (Å²) in [6.45, 7) is 1.27. The fourth-order valence-electron chi connectivity index (χ4n) is 3.77. The fraction of sp³-hybridized carbons (Fsp3) is 0.429. The van der Waals surface area contributed by atoms with Crippen molar-refractivity contribution >= 4 is 0 Å². The van der Waals surface area contributed by atoms with Gasteiger partial charge < -0.3 is 19.3 Å². The summed E-state index contributed by atoms with van der Waals surface area (Å²) in [4.78, 5) is 2.22. The summed E-state index contributed by atoms with van der Waals surface area (Å²) in [5.41, 5.74) is 1.58. The number of aliphatic hydroxyl groups excluding tert-OH is 1.